The first-order chi connectivity index (χ1) is 12.2. The molecular formula is C22H36O3. The maximum Gasteiger partial charge on any atom is 0.335 e. The summed E-state index contributed by atoms with van der Waals surface area (Å²) < 4.78 is 11.0. The summed E-state index contributed by atoms with van der Waals surface area (Å²) in [6.45, 7) is 4.97. The minimum atomic E-state index is -0.519. The van der Waals surface area contributed by atoms with Gasteiger partial charge < -0.3 is 9.47 Å². The van der Waals surface area contributed by atoms with E-state index >= 15 is 0 Å². The Balaban J connectivity index is 2.43. The molecule has 0 fully saturated rings. The molecule has 0 amide bonds. The van der Waals surface area contributed by atoms with Crippen LogP contribution >= 0.6 is 0 Å². The predicted molar refractivity (Wildman–Crippen MR) is 104 cm³/mol. The minimum absolute atomic E-state index is 0.235. The maximum absolute atomic E-state index is 12.4. The third-order valence-corrected chi connectivity index (χ3v) is 4.70. The van der Waals surface area contributed by atoms with Crippen molar-refractivity contribution in [3.8, 4) is 0 Å². The first-order valence-corrected chi connectivity index (χ1v) is 9.94. The van der Waals surface area contributed by atoms with Crippen molar-refractivity contribution in [1.82, 2.24) is 0 Å². The van der Waals surface area contributed by atoms with E-state index in [1.54, 1.807) is 7.11 Å². The van der Waals surface area contributed by atoms with Crippen LogP contribution in [-0.2, 0) is 20.7 Å². The van der Waals surface area contributed by atoms with Crippen LogP contribution in [0.1, 0.15) is 70.8 Å². The molecule has 0 bridgehead atoms. The molecule has 2 atom stereocenters. The summed E-state index contributed by atoms with van der Waals surface area (Å²) in [7, 11) is 1.58. The fourth-order valence-electron chi connectivity index (χ4n) is 3.05. The zero-order valence-electron chi connectivity index (χ0n) is 16.3. The number of unbranched alkanes of at least 4 members (excludes halogenated alkanes) is 4. The molecule has 25 heavy (non-hydrogen) atoms. The molecule has 0 aromatic heterocycles. The second-order valence-corrected chi connectivity index (χ2v) is 6.90. The number of benzene rings is 1. The third-order valence-electron chi connectivity index (χ3n) is 4.70. The quantitative estimate of drug-likeness (QED) is 0.326. The lowest BCUT2D eigenvalue weighted by Gasteiger charge is -2.19. The van der Waals surface area contributed by atoms with Crippen LogP contribution in [0.4, 0.5) is 0 Å². The summed E-state index contributed by atoms with van der Waals surface area (Å²) in [6, 6.07) is 9.95. The molecule has 2 unspecified atom stereocenters. The number of hydrogen-bond acceptors (Lipinski definition) is 3. The number of hydrogen-bond donors (Lipinski definition) is 0. The van der Waals surface area contributed by atoms with E-state index in [4.69, 9.17) is 9.47 Å². The zero-order chi connectivity index (χ0) is 18.3. The predicted octanol–water partition coefficient (Wildman–Crippen LogP) is 5.56. The highest BCUT2D eigenvalue weighted by molar-refractivity contribution is 5.75. The summed E-state index contributed by atoms with van der Waals surface area (Å²) in [4.78, 5) is 12.4. The van der Waals surface area contributed by atoms with E-state index in [0.29, 0.717) is 18.9 Å². The van der Waals surface area contributed by atoms with Gasteiger partial charge in [0.2, 0.25) is 0 Å². The van der Waals surface area contributed by atoms with Gasteiger partial charge in [-0.1, -0.05) is 82.7 Å². The van der Waals surface area contributed by atoms with Crippen molar-refractivity contribution >= 4 is 5.97 Å². The Morgan fingerprint density at radius 1 is 0.960 bits per heavy atom. The minimum Gasteiger partial charge on any atom is -0.463 e. The Morgan fingerprint density at radius 3 is 2.28 bits per heavy atom. The van der Waals surface area contributed by atoms with Crippen molar-refractivity contribution in [2.45, 2.75) is 77.7 Å². The van der Waals surface area contributed by atoms with Crippen LogP contribution in [0.2, 0.25) is 0 Å². The van der Waals surface area contributed by atoms with Crippen molar-refractivity contribution in [3.63, 3.8) is 0 Å². The van der Waals surface area contributed by atoms with Crippen molar-refractivity contribution in [3.05, 3.63) is 35.9 Å². The molecule has 0 aliphatic carbocycles. The van der Waals surface area contributed by atoms with Gasteiger partial charge in [0.1, 0.15) is 0 Å². The molecule has 0 heterocycles. The molecule has 0 saturated carbocycles. The van der Waals surface area contributed by atoms with Gasteiger partial charge in [-0.05, 0) is 24.3 Å². The average molecular weight is 349 g/mol. The topological polar surface area (TPSA) is 35.5 Å². The first-order valence-electron chi connectivity index (χ1n) is 9.94. The number of methoxy groups -OCH3 is 1. The van der Waals surface area contributed by atoms with E-state index in [1.807, 2.05) is 30.3 Å². The fourth-order valence-corrected chi connectivity index (χ4v) is 3.05. The Kier molecular flexibility index (Phi) is 12.0. The molecular weight excluding hydrogens is 312 g/mol. The zero-order valence-corrected chi connectivity index (χ0v) is 16.3. The summed E-state index contributed by atoms with van der Waals surface area (Å²) in [5.41, 5.74) is 1.09. The second kappa shape index (κ2) is 13.9. The summed E-state index contributed by atoms with van der Waals surface area (Å²) >= 11 is 0. The monoisotopic (exact) mass is 348 g/mol. The van der Waals surface area contributed by atoms with Crippen molar-refractivity contribution in [2.24, 2.45) is 5.92 Å². The Bertz CT molecular complexity index is 444. The van der Waals surface area contributed by atoms with Gasteiger partial charge in [-0.15, -0.1) is 0 Å². The third kappa shape index (κ3) is 9.64. The second-order valence-electron chi connectivity index (χ2n) is 6.90. The van der Waals surface area contributed by atoms with E-state index in [2.05, 4.69) is 13.8 Å². The molecule has 0 spiro atoms. The maximum atomic E-state index is 12.4. The van der Waals surface area contributed by atoms with Crippen LogP contribution in [0.3, 0.4) is 0 Å². The van der Waals surface area contributed by atoms with Gasteiger partial charge in [0.25, 0.3) is 0 Å². The molecule has 3 heteroatoms. The summed E-state index contributed by atoms with van der Waals surface area (Å²) in [6.07, 6.45) is 9.80. The lowest BCUT2D eigenvalue weighted by atomic mass is 9.96. The van der Waals surface area contributed by atoms with E-state index in [1.165, 1.54) is 38.5 Å². The largest absolute Gasteiger partial charge is 0.463 e. The van der Waals surface area contributed by atoms with E-state index in [9.17, 15) is 4.79 Å². The molecule has 142 valence electrons. The average Bonchev–Trinajstić information content (AvgIpc) is 2.65. The van der Waals surface area contributed by atoms with Gasteiger partial charge in [-0.2, -0.15) is 0 Å². The van der Waals surface area contributed by atoms with Crippen LogP contribution in [0, 0.1) is 5.92 Å². The molecule has 0 saturated heterocycles. The number of carbonyl (C=O) groups excluding carboxylic acids is 1. The first kappa shape index (κ1) is 21.7. The highest BCUT2D eigenvalue weighted by atomic mass is 16.6. The SMILES string of the molecule is CCCCCCC(CCCC)COC(=O)C(Cc1ccccc1)OC. The smallest absolute Gasteiger partial charge is 0.335 e. The number of carbonyl (C=O) groups is 1. The summed E-state index contributed by atoms with van der Waals surface area (Å²) in [5, 5.41) is 0. The molecule has 3 nitrogen and oxygen atoms in total. The van der Waals surface area contributed by atoms with Gasteiger partial charge in [-0.3, -0.25) is 0 Å². The van der Waals surface area contributed by atoms with Crippen molar-refractivity contribution in [1.29, 1.82) is 0 Å². The lowest BCUT2D eigenvalue weighted by Crippen LogP contribution is -2.29. The van der Waals surface area contributed by atoms with Crippen LogP contribution in [0.25, 0.3) is 0 Å². The Hall–Kier alpha value is -1.35. The normalized spacial score (nSPS) is 13.4. The van der Waals surface area contributed by atoms with E-state index in [-0.39, 0.29) is 5.97 Å². The highest BCUT2D eigenvalue weighted by Crippen LogP contribution is 2.18. The molecule has 1 aromatic rings. The standard InChI is InChI=1S/C22H36O3/c1-4-6-8-10-16-20(13-7-5-2)18-25-22(23)21(24-3)17-19-14-11-9-12-15-19/h9,11-12,14-15,20-21H,4-8,10,13,16-18H2,1-3H3. The Morgan fingerprint density at radius 2 is 1.64 bits per heavy atom. The van der Waals surface area contributed by atoms with Crippen LogP contribution < -0.4 is 0 Å². The van der Waals surface area contributed by atoms with Gasteiger partial charge in [0.15, 0.2) is 6.10 Å². The van der Waals surface area contributed by atoms with Crippen molar-refractivity contribution in [2.75, 3.05) is 13.7 Å². The Labute approximate surface area is 154 Å². The highest BCUT2D eigenvalue weighted by Gasteiger charge is 2.21. The number of rotatable bonds is 14. The molecule has 0 aliphatic heterocycles. The van der Waals surface area contributed by atoms with Gasteiger partial charge in [0, 0.05) is 13.5 Å². The van der Waals surface area contributed by atoms with Gasteiger partial charge in [0.05, 0.1) is 6.61 Å². The molecule has 1 rings (SSSR count). The van der Waals surface area contributed by atoms with E-state index < -0.39 is 6.10 Å². The molecule has 0 aliphatic rings. The lowest BCUT2D eigenvalue weighted by molar-refractivity contribution is -0.156. The molecule has 0 radical (unpaired) electrons. The van der Waals surface area contributed by atoms with Crippen LogP contribution in [0.15, 0.2) is 30.3 Å². The van der Waals surface area contributed by atoms with E-state index in [0.717, 1.165) is 18.4 Å². The summed E-state index contributed by atoms with van der Waals surface area (Å²) in [5.74, 6) is 0.247. The van der Waals surface area contributed by atoms with Crippen LogP contribution in [-0.4, -0.2) is 25.8 Å². The fraction of sp³-hybridized carbons (Fsp3) is 0.682. The number of ether oxygens (including phenoxy) is 2. The molecule has 1 aromatic carbocycles. The molecule has 0 N–H and O–H groups in total. The number of esters is 1. The van der Waals surface area contributed by atoms with Crippen molar-refractivity contribution < 1.29 is 14.3 Å². The van der Waals surface area contributed by atoms with Crippen LogP contribution in [0.5, 0.6) is 0 Å². The van der Waals surface area contributed by atoms with Gasteiger partial charge >= 0.3 is 5.97 Å². The van der Waals surface area contributed by atoms with Gasteiger partial charge in [-0.25, -0.2) is 4.79 Å².